The lowest BCUT2D eigenvalue weighted by atomic mass is 9.68. The van der Waals surface area contributed by atoms with Crippen molar-refractivity contribution in [2.75, 3.05) is 0 Å². The molecule has 0 spiro atoms. The topological polar surface area (TPSA) is 46.9 Å². The summed E-state index contributed by atoms with van der Waals surface area (Å²) >= 11 is 12.9. The fraction of sp³-hybridized carbons (Fsp3) is 0.419. The lowest BCUT2D eigenvalue weighted by molar-refractivity contribution is 0.0734. The summed E-state index contributed by atoms with van der Waals surface area (Å²) in [7, 11) is 0. The summed E-state index contributed by atoms with van der Waals surface area (Å²) < 4.78 is 1.83. The molecular formula is C31H31Cl2N3O. The van der Waals surface area contributed by atoms with Gasteiger partial charge in [0.2, 0.25) is 0 Å². The number of aromatic nitrogens is 2. The molecule has 2 bridgehead atoms. The van der Waals surface area contributed by atoms with Gasteiger partial charge in [0, 0.05) is 21.8 Å². The molecule has 0 aliphatic heterocycles. The van der Waals surface area contributed by atoms with Crippen molar-refractivity contribution in [2.24, 2.45) is 16.7 Å². The van der Waals surface area contributed by atoms with Gasteiger partial charge in [-0.1, -0.05) is 68.2 Å². The van der Waals surface area contributed by atoms with E-state index in [0.29, 0.717) is 33.3 Å². The molecule has 1 aromatic heterocycles. The van der Waals surface area contributed by atoms with Crippen LogP contribution in [0.4, 0.5) is 0 Å². The van der Waals surface area contributed by atoms with Crippen molar-refractivity contribution in [3.05, 3.63) is 69.8 Å². The molecule has 6 heteroatoms. The first-order chi connectivity index (χ1) is 17.7. The average molecular weight is 533 g/mol. The van der Waals surface area contributed by atoms with E-state index in [0.717, 1.165) is 28.1 Å². The van der Waals surface area contributed by atoms with E-state index < -0.39 is 0 Å². The number of nitrogens with zero attached hydrogens (tertiary/aromatic N) is 2. The van der Waals surface area contributed by atoms with Gasteiger partial charge in [-0.25, -0.2) is 4.68 Å². The van der Waals surface area contributed by atoms with Gasteiger partial charge in [0.15, 0.2) is 5.69 Å². The van der Waals surface area contributed by atoms with Crippen LogP contribution in [0.1, 0.15) is 74.8 Å². The van der Waals surface area contributed by atoms with Gasteiger partial charge in [-0.15, -0.1) is 0 Å². The fourth-order valence-corrected chi connectivity index (χ4v) is 7.97. The molecule has 2 unspecified atom stereocenters. The summed E-state index contributed by atoms with van der Waals surface area (Å²) in [5.74, 6) is 1.20. The van der Waals surface area contributed by atoms with Crippen LogP contribution in [0.5, 0.6) is 0 Å². The van der Waals surface area contributed by atoms with E-state index in [2.05, 4.69) is 50.4 Å². The standard InChI is InChI=1S/C31H31Cl2N3O/c1-30(2)20-12-13-31(3,16-20)29(30)34-28(37)26-23-10-7-19-14-18(17-4-5-17)6-9-22(19)27(23)36(35-26)25-11-8-21(32)15-24(25)33/h6-11,14-15,17,20,29H,4-5,12-13,16H2,1-3H3,(H,34,37)/t20?,29?,31-/m0/s1. The molecule has 0 saturated heterocycles. The van der Waals surface area contributed by atoms with Crippen LogP contribution in [-0.2, 0) is 0 Å². The number of halogens is 2. The zero-order valence-corrected chi connectivity index (χ0v) is 23.0. The summed E-state index contributed by atoms with van der Waals surface area (Å²) in [6, 6.07) is 16.4. The normalized spacial score (nSPS) is 26.3. The molecule has 3 atom stereocenters. The predicted octanol–water partition coefficient (Wildman–Crippen LogP) is 8.31. The van der Waals surface area contributed by atoms with Crippen LogP contribution in [0, 0.1) is 16.7 Å². The van der Waals surface area contributed by atoms with Crippen LogP contribution in [0.25, 0.3) is 27.4 Å². The maximum atomic E-state index is 14.0. The molecule has 3 aliphatic carbocycles. The quantitative estimate of drug-likeness (QED) is 0.287. The van der Waals surface area contributed by atoms with Crippen molar-refractivity contribution < 1.29 is 4.79 Å². The monoisotopic (exact) mass is 531 g/mol. The van der Waals surface area contributed by atoms with Gasteiger partial charge in [-0.05, 0) is 90.0 Å². The number of carbonyl (C=O) groups excluding carboxylic acids is 1. The molecule has 1 heterocycles. The molecule has 4 aromatic rings. The highest BCUT2D eigenvalue weighted by atomic mass is 35.5. The van der Waals surface area contributed by atoms with Crippen molar-refractivity contribution in [1.82, 2.24) is 15.1 Å². The minimum atomic E-state index is -0.116. The number of hydrogen-bond acceptors (Lipinski definition) is 2. The maximum Gasteiger partial charge on any atom is 0.272 e. The minimum Gasteiger partial charge on any atom is -0.347 e. The van der Waals surface area contributed by atoms with Crippen LogP contribution in [0.2, 0.25) is 10.0 Å². The molecule has 3 aliphatic rings. The molecule has 37 heavy (non-hydrogen) atoms. The van der Waals surface area contributed by atoms with Crippen molar-refractivity contribution in [1.29, 1.82) is 0 Å². The molecule has 0 radical (unpaired) electrons. The lowest BCUT2D eigenvalue weighted by Crippen LogP contribution is -2.52. The van der Waals surface area contributed by atoms with E-state index in [1.54, 1.807) is 6.07 Å². The second kappa shape index (κ2) is 7.97. The van der Waals surface area contributed by atoms with Gasteiger partial charge in [-0.3, -0.25) is 4.79 Å². The number of fused-ring (bicyclic) bond motifs is 5. The number of hydrogen-bond donors (Lipinski definition) is 1. The lowest BCUT2D eigenvalue weighted by Gasteiger charge is -2.43. The van der Waals surface area contributed by atoms with Crippen LogP contribution < -0.4 is 5.32 Å². The molecule has 190 valence electrons. The maximum absolute atomic E-state index is 14.0. The highest BCUT2D eigenvalue weighted by Gasteiger charge is 2.59. The van der Waals surface area contributed by atoms with Crippen LogP contribution >= 0.6 is 23.2 Å². The van der Waals surface area contributed by atoms with E-state index in [1.807, 2.05) is 22.9 Å². The van der Waals surface area contributed by atoms with E-state index in [1.165, 1.54) is 31.2 Å². The van der Waals surface area contributed by atoms with E-state index in [9.17, 15) is 4.79 Å². The molecule has 4 nitrogen and oxygen atoms in total. The van der Waals surface area contributed by atoms with Gasteiger partial charge < -0.3 is 5.32 Å². The Balaban J connectivity index is 1.39. The van der Waals surface area contributed by atoms with Gasteiger partial charge in [0.05, 0.1) is 16.2 Å². The number of amides is 1. The zero-order valence-electron chi connectivity index (χ0n) is 21.4. The van der Waals surface area contributed by atoms with Crippen molar-refractivity contribution in [3.8, 4) is 5.69 Å². The summed E-state index contributed by atoms with van der Waals surface area (Å²) in [5.41, 5.74) is 3.62. The number of carbonyl (C=O) groups is 1. The van der Waals surface area contributed by atoms with E-state index >= 15 is 0 Å². The van der Waals surface area contributed by atoms with Gasteiger partial charge in [-0.2, -0.15) is 5.10 Å². The van der Waals surface area contributed by atoms with E-state index in [-0.39, 0.29) is 22.8 Å². The smallest absolute Gasteiger partial charge is 0.272 e. The SMILES string of the molecule is CC1(C)C2CC[C@@](C)(C2)C1NC(=O)c1nn(-c2ccc(Cl)cc2Cl)c2c1ccc1cc(C3CC3)ccc12. The van der Waals surface area contributed by atoms with Crippen LogP contribution in [0.15, 0.2) is 48.5 Å². The molecule has 3 fully saturated rings. The van der Waals surface area contributed by atoms with Crippen molar-refractivity contribution in [2.45, 2.75) is 64.8 Å². The highest BCUT2D eigenvalue weighted by molar-refractivity contribution is 6.36. The fourth-order valence-electron chi connectivity index (χ4n) is 7.48. The summed E-state index contributed by atoms with van der Waals surface area (Å²) in [4.78, 5) is 14.0. The Morgan fingerprint density at radius 2 is 1.78 bits per heavy atom. The second-order valence-corrected chi connectivity index (χ2v) is 13.2. The summed E-state index contributed by atoms with van der Waals surface area (Å²) in [5, 5.41) is 12.5. The third kappa shape index (κ3) is 3.55. The largest absolute Gasteiger partial charge is 0.347 e. The van der Waals surface area contributed by atoms with Crippen LogP contribution in [-0.4, -0.2) is 21.7 Å². The number of nitrogens with one attached hydrogen (secondary N) is 1. The third-order valence-corrected chi connectivity index (χ3v) is 10.2. The summed E-state index contributed by atoms with van der Waals surface area (Å²) in [6.45, 7) is 6.95. The zero-order chi connectivity index (χ0) is 25.7. The van der Waals surface area contributed by atoms with Crippen LogP contribution in [0.3, 0.4) is 0 Å². The number of rotatable bonds is 4. The molecule has 3 aromatic carbocycles. The van der Waals surface area contributed by atoms with Gasteiger partial charge >= 0.3 is 0 Å². The Hall–Kier alpha value is -2.56. The summed E-state index contributed by atoms with van der Waals surface area (Å²) in [6.07, 6.45) is 6.10. The molecular weight excluding hydrogens is 501 g/mol. The minimum absolute atomic E-state index is 0.0619. The number of benzene rings is 3. The first kappa shape index (κ1) is 23.5. The Kier molecular flexibility index (Phi) is 5.07. The second-order valence-electron chi connectivity index (χ2n) is 12.4. The molecule has 1 N–H and O–H groups in total. The van der Waals surface area contributed by atoms with Crippen molar-refractivity contribution >= 4 is 50.8 Å². The van der Waals surface area contributed by atoms with Gasteiger partial charge in [0.1, 0.15) is 0 Å². The first-order valence-corrected chi connectivity index (χ1v) is 14.1. The van der Waals surface area contributed by atoms with Crippen molar-refractivity contribution in [3.63, 3.8) is 0 Å². The Morgan fingerprint density at radius 3 is 2.49 bits per heavy atom. The Morgan fingerprint density at radius 1 is 1.00 bits per heavy atom. The average Bonchev–Trinajstić information content (AvgIpc) is 3.48. The Labute approximate surface area is 227 Å². The predicted molar refractivity (Wildman–Crippen MR) is 151 cm³/mol. The third-order valence-electron chi connectivity index (χ3n) is 9.63. The Bertz CT molecular complexity index is 1600. The highest BCUT2D eigenvalue weighted by Crippen LogP contribution is 2.62. The first-order valence-electron chi connectivity index (χ1n) is 13.4. The molecule has 1 amide bonds. The van der Waals surface area contributed by atoms with E-state index in [4.69, 9.17) is 28.3 Å². The van der Waals surface area contributed by atoms with Gasteiger partial charge in [0.25, 0.3) is 5.91 Å². The molecule has 3 saturated carbocycles. The molecule has 7 rings (SSSR count).